The molecule has 1 unspecified atom stereocenters. The molecule has 0 aliphatic heterocycles. The second-order valence-corrected chi connectivity index (χ2v) is 4.90. The van der Waals surface area contributed by atoms with Crippen LogP contribution in [0.2, 0.25) is 0 Å². The van der Waals surface area contributed by atoms with Gasteiger partial charge in [-0.2, -0.15) is 18.3 Å². The van der Waals surface area contributed by atoms with Crippen LogP contribution in [0, 0.1) is 12.3 Å². The molecule has 4 nitrogen and oxygen atoms in total. The molecular formula is C12H13F3N2O2. The fourth-order valence-corrected chi connectivity index (χ4v) is 2.36. The van der Waals surface area contributed by atoms with Gasteiger partial charge in [0.2, 0.25) is 0 Å². The van der Waals surface area contributed by atoms with E-state index in [0.29, 0.717) is 5.69 Å². The van der Waals surface area contributed by atoms with Gasteiger partial charge in [-0.15, -0.1) is 0 Å². The predicted octanol–water partition coefficient (Wildman–Crippen LogP) is 2.21. The van der Waals surface area contributed by atoms with Gasteiger partial charge < -0.3 is 0 Å². The van der Waals surface area contributed by atoms with E-state index in [1.54, 1.807) is 14.0 Å². The summed E-state index contributed by atoms with van der Waals surface area (Å²) in [7, 11) is 1.58. The highest BCUT2D eigenvalue weighted by molar-refractivity contribution is 6.02. The smallest absolute Gasteiger partial charge is 0.299 e. The summed E-state index contributed by atoms with van der Waals surface area (Å²) in [5.74, 6) is -1.58. The predicted molar refractivity (Wildman–Crippen MR) is 59.6 cm³/mol. The minimum absolute atomic E-state index is 0.112. The lowest BCUT2D eigenvalue weighted by Crippen LogP contribution is -2.53. The highest BCUT2D eigenvalue weighted by Gasteiger charge is 2.65. The van der Waals surface area contributed by atoms with Crippen LogP contribution in [0.4, 0.5) is 13.2 Å². The Kier molecular flexibility index (Phi) is 3.03. The summed E-state index contributed by atoms with van der Waals surface area (Å²) < 4.78 is 40.3. The number of carbonyl (C=O) groups excluding carboxylic acids is 2. The average Bonchev–Trinajstić information content (AvgIpc) is 2.61. The van der Waals surface area contributed by atoms with E-state index in [0.717, 1.165) is 0 Å². The standard InChI is InChI=1S/C12H13F3N2O2/c1-7-8(6-17(2)16-7)9(18)5-11(12(13,14)15)4-3-10(11)19/h6H,3-5H2,1-2H3. The van der Waals surface area contributed by atoms with E-state index < -0.39 is 29.6 Å². The molecular weight excluding hydrogens is 261 g/mol. The Morgan fingerprint density at radius 2 is 2.16 bits per heavy atom. The number of Topliss-reactive ketones (excluding diaryl/α,β-unsaturated/α-hetero) is 2. The third-order valence-electron chi connectivity index (χ3n) is 3.63. The maximum absolute atomic E-state index is 13.0. The van der Waals surface area contributed by atoms with Crippen LogP contribution >= 0.6 is 0 Å². The van der Waals surface area contributed by atoms with Gasteiger partial charge in [-0.25, -0.2) is 0 Å². The van der Waals surface area contributed by atoms with Crippen LogP contribution in [0.1, 0.15) is 35.3 Å². The number of aryl methyl sites for hydroxylation is 2. The van der Waals surface area contributed by atoms with Crippen LogP contribution in [0.3, 0.4) is 0 Å². The minimum atomic E-state index is -4.67. The molecule has 0 N–H and O–H groups in total. The topological polar surface area (TPSA) is 52.0 Å². The van der Waals surface area contributed by atoms with E-state index >= 15 is 0 Å². The number of ketones is 2. The first-order valence-corrected chi connectivity index (χ1v) is 5.81. The largest absolute Gasteiger partial charge is 0.401 e. The monoisotopic (exact) mass is 274 g/mol. The van der Waals surface area contributed by atoms with Crippen molar-refractivity contribution in [3.8, 4) is 0 Å². The highest BCUT2D eigenvalue weighted by Crippen LogP contribution is 2.53. The molecule has 19 heavy (non-hydrogen) atoms. The van der Waals surface area contributed by atoms with E-state index in [1.165, 1.54) is 10.9 Å². The van der Waals surface area contributed by atoms with Crippen LogP contribution < -0.4 is 0 Å². The van der Waals surface area contributed by atoms with Crippen molar-refractivity contribution in [2.45, 2.75) is 32.4 Å². The number of hydrogen-bond acceptors (Lipinski definition) is 3. The molecule has 2 rings (SSSR count). The molecule has 0 spiro atoms. The van der Waals surface area contributed by atoms with Gasteiger partial charge in [-0.05, 0) is 13.3 Å². The van der Waals surface area contributed by atoms with Crippen LogP contribution in [0.25, 0.3) is 0 Å². The Morgan fingerprint density at radius 3 is 2.47 bits per heavy atom. The first-order chi connectivity index (χ1) is 8.67. The summed E-state index contributed by atoms with van der Waals surface area (Å²) >= 11 is 0. The molecule has 1 fully saturated rings. The molecule has 1 aromatic heterocycles. The SMILES string of the molecule is Cc1nn(C)cc1C(=O)CC1(C(F)(F)F)CCC1=O. The van der Waals surface area contributed by atoms with Gasteiger partial charge in [0.05, 0.1) is 11.3 Å². The summed E-state index contributed by atoms with van der Waals surface area (Å²) in [5.41, 5.74) is -1.96. The molecule has 0 radical (unpaired) electrons. The number of nitrogens with zero attached hydrogens (tertiary/aromatic N) is 2. The molecule has 104 valence electrons. The minimum Gasteiger partial charge on any atom is -0.299 e. The second-order valence-electron chi connectivity index (χ2n) is 4.90. The summed E-state index contributed by atoms with van der Waals surface area (Å²) in [5, 5.41) is 3.92. The molecule has 1 aromatic rings. The van der Waals surface area contributed by atoms with Gasteiger partial charge in [0, 0.05) is 26.1 Å². The number of carbonyl (C=O) groups is 2. The molecule has 1 heterocycles. The highest BCUT2D eigenvalue weighted by atomic mass is 19.4. The van der Waals surface area contributed by atoms with Gasteiger partial charge in [-0.3, -0.25) is 14.3 Å². The third kappa shape index (κ3) is 2.06. The van der Waals surface area contributed by atoms with E-state index in [2.05, 4.69) is 5.10 Å². The number of alkyl halides is 3. The molecule has 0 bridgehead atoms. The van der Waals surface area contributed by atoms with Crippen molar-refractivity contribution >= 4 is 11.6 Å². The van der Waals surface area contributed by atoms with Crippen LogP contribution in [0.5, 0.6) is 0 Å². The van der Waals surface area contributed by atoms with Gasteiger partial charge in [-0.1, -0.05) is 0 Å². The van der Waals surface area contributed by atoms with E-state index in [1.807, 2.05) is 0 Å². The average molecular weight is 274 g/mol. The number of hydrogen-bond donors (Lipinski definition) is 0. The number of aromatic nitrogens is 2. The Balaban J connectivity index is 2.27. The summed E-state index contributed by atoms with van der Waals surface area (Å²) in [6.45, 7) is 1.55. The molecule has 1 aliphatic rings. The summed E-state index contributed by atoms with van der Waals surface area (Å²) in [6.07, 6.45) is -4.53. The van der Waals surface area contributed by atoms with Crippen molar-refractivity contribution in [3.63, 3.8) is 0 Å². The van der Waals surface area contributed by atoms with Crippen molar-refractivity contribution in [2.75, 3.05) is 0 Å². The van der Waals surface area contributed by atoms with E-state index in [-0.39, 0.29) is 18.4 Å². The van der Waals surface area contributed by atoms with Gasteiger partial charge >= 0.3 is 6.18 Å². The van der Waals surface area contributed by atoms with Crippen LogP contribution in [-0.4, -0.2) is 27.5 Å². The maximum atomic E-state index is 13.0. The lowest BCUT2D eigenvalue weighted by Gasteiger charge is -2.40. The molecule has 1 atom stereocenters. The Bertz CT molecular complexity index is 548. The van der Waals surface area contributed by atoms with E-state index in [4.69, 9.17) is 0 Å². The Labute approximate surface area is 107 Å². The van der Waals surface area contributed by atoms with Crippen molar-refractivity contribution in [1.29, 1.82) is 0 Å². The van der Waals surface area contributed by atoms with Gasteiger partial charge in [0.15, 0.2) is 5.78 Å². The first kappa shape index (κ1) is 13.8. The van der Waals surface area contributed by atoms with Crippen LogP contribution in [0.15, 0.2) is 6.20 Å². The zero-order valence-electron chi connectivity index (χ0n) is 10.5. The van der Waals surface area contributed by atoms with E-state index in [9.17, 15) is 22.8 Å². The molecule has 0 amide bonds. The number of halogens is 3. The third-order valence-corrected chi connectivity index (χ3v) is 3.63. The summed E-state index contributed by atoms with van der Waals surface area (Å²) in [6, 6.07) is 0. The normalized spacial score (nSPS) is 23.3. The maximum Gasteiger partial charge on any atom is 0.401 e. The van der Waals surface area contributed by atoms with Crippen molar-refractivity contribution < 1.29 is 22.8 Å². The molecule has 7 heteroatoms. The number of rotatable bonds is 3. The molecule has 1 saturated carbocycles. The second kappa shape index (κ2) is 4.18. The zero-order chi connectivity index (χ0) is 14.4. The molecule has 0 saturated heterocycles. The van der Waals surface area contributed by atoms with Crippen molar-refractivity contribution in [2.24, 2.45) is 12.5 Å². The molecule has 1 aliphatic carbocycles. The van der Waals surface area contributed by atoms with Gasteiger partial charge in [0.25, 0.3) is 0 Å². The lowest BCUT2D eigenvalue weighted by molar-refractivity contribution is -0.235. The quantitative estimate of drug-likeness (QED) is 0.794. The zero-order valence-corrected chi connectivity index (χ0v) is 10.5. The van der Waals surface area contributed by atoms with Crippen molar-refractivity contribution in [1.82, 2.24) is 9.78 Å². The van der Waals surface area contributed by atoms with Crippen LogP contribution in [-0.2, 0) is 11.8 Å². The Hall–Kier alpha value is -1.66. The Morgan fingerprint density at radius 1 is 1.53 bits per heavy atom. The van der Waals surface area contributed by atoms with Gasteiger partial charge in [0.1, 0.15) is 11.2 Å². The first-order valence-electron chi connectivity index (χ1n) is 5.81. The lowest BCUT2D eigenvalue weighted by atomic mass is 9.63. The van der Waals surface area contributed by atoms with Crippen molar-refractivity contribution in [3.05, 3.63) is 17.5 Å². The fourth-order valence-electron chi connectivity index (χ4n) is 2.36. The molecule has 0 aromatic carbocycles. The fraction of sp³-hybridized carbons (Fsp3) is 0.583. The summed E-state index contributed by atoms with van der Waals surface area (Å²) in [4.78, 5) is 23.3.